The average Bonchev–Trinajstić information content (AvgIpc) is 2.80. The number of methoxy groups -OCH3 is 1. The Morgan fingerprint density at radius 1 is 1.00 bits per heavy atom. The molecule has 0 aromatic heterocycles. The molecule has 0 radical (unpaired) electrons. The number of hydrogen-bond donors (Lipinski definition) is 1. The van der Waals surface area contributed by atoms with Crippen molar-refractivity contribution < 1.29 is 28.6 Å². The Morgan fingerprint density at radius 2 is 1.66 bits per heavy atom. The molecule has 3 atom stereocenters. The summed E-state index contributed by atoms with van der Waals surface area (Å²) < 4.78 is 16.0. The molecule has 1 aliphatic rings. The number of benzene rings is 1. The zero-order valence-electron chi connectivity index (χ0n) is 19.7. The molecule has 1 aromatic carbocycles. The van der Waals surface area contributed by atoms with Gasteiger partial charge in [-0.25, -0.2) is 9.59 Å². The van der Waals surface area contributed by atoms with Crippen molar-refractivity contribution in [3.8, 4) is 0 Å². The van der Waals surface area contributed by atoms with E-state index >= 15 is 0 Å². The zero-order valence-corrected chi connectivity index (χ0v) is 19.7. The van der Waals surface area contributed by atoms with Crippen molar-refractivity contribution in [2.45, 2.75) is 84.2 Å². The van der Waals surface area contributed by atoms with Crippen LogP contribution in [0.2, 0.25) is 0 Å². The van der Waals surface area contributed by atoms with Gasteiger partial charge in [0.2, 0.25) is 5.91 Å². The quantitative estimate of drug-likeness (QED) is 0.519. The fourth-order valence-electron chi connectivity index (χ4n) is 3.92. The number of esters is 2. The highest BCUT2D eigenvalue weighted by Crippen LogP contribution is 2.28. The average molecular weight is 448 g/mol. The van der Waals surface area contributed by atoms with Crippen LogP contribution in [0, 0.1) is 11.8 Å². The summed E-state index contributed by atoms with van der Waals surface area (Å²) in [6, 6.07) is 8.38. The van der Waals surface area contributed by atoms with Gasteiger partial charge in [-0.1, -0.05) is 76.3 Å². The fraction of sp³-hybridized carbons (Fsp3) is 0.640. The highest BCUT2D eigenvalue weighted by molar-refractivity contribution is 5.88. The molecular formula is C25H37NO6. The van der Waals surface area contributed by atoms with Gasteiger partial charge in [-0.15, -0.1) is 0 Å². The molecule has 0 aliphatic heterocycles. The lowest BCUT2D eigenvalue weighted by molar-refractivity contribution is -0.169. The van der Waals surface area contributed by atoms with E-state index < -0.39 is 30.2 Å². The van der Waals surface area contributed by atoms with Crippen molar-refractivity contribution in [3.63, 3.8) is 0 Å². The standard InChI is InChI=1S/C25H37NO6/c1-17(2)22(26-23(27)21(30-4)15-19-11-7-5-8-12-19)25(29)32-18(3)24(28)31-16-20-13-9-6-10-14-20/h6,9-10,13-14,17-19,21-22H,5,7-8,11-12,15-16H2,1-4H3,(H,26,27)/t18-,21+,22+/m0/s1. The van der Waals surface area contributed by atoms with Gasteiger partial charge in [0.25, 0.3) is 0 Å². The minimum atomic E-state index is -1.08. The van der Waals surface area contributed by atoms with Gasteiger partial charge < -0.3 is 19.5 Å². The molecule has 7 nitrogen and oxygen atoms in total. The summed E-state index contributed by atoms with van der Waals surface area (Å²) in [7, 11) is 1.51. The van der Waals surface area contributed by atoms with Crippen molar-refractivity contribution >= 4 is 17.8 Å². The Kier molecular flexibility index (Phi) is 10.7. The summed E-state index contributed by atoms with van der Waals surface area (Å²) in [6.07, 6.45) is 4.77. The van der Waals surface area contributed by atoms with E-state index in [9.17, 15) is 14.4 Å². The monoisotopic (exact) mass is 447 g/mol. The van der Waals surface area contributed by atoms with E-state index in [4.69, 9.17) is 14.2 Å². The summed E-state index contributed by atoms with van der Waals surface area (Å²) in [4.78, 5) is 37.8. The van der Waals surface area contributed by atoms with Gasteiger partial charge >= 0.3 is 11.9 Å². The first-order valence-electron chi connectivity index (χ1n) is 11.6. The van der Waals surface area contributed by atoms with Gasteiger partial charge in [-0.2, -0.15) is 0 Å². The molecule has 1 amide bonds. The summed E-state index contributed by atoms with van der Waals surface area (Å²) in [6.45, 7) is 5.19. The van der Waals surface area contributed by atoms with Gasteiger partial charge in [0.05, 0.1) is 0 Å². The fourth-order valence-corrected chi connectivity index (χ4v) is 3.92. The minimum absolute atomic E-state index is 0.0998. The second-order valence-electron chi connectivity index (χ2n) is 8.87. The Morgan fingerprint density at radius 3 is 2.25 bits per heavy atom. The molecule has 0 heterocycles. The van der Waals surface area contributed by atoms with Crippen LogP contribution in [0.25, 0.3) is 0 Å². The lowest BCUT2D eigenvalue weighted by Gasteiger charge is -2.28. The van der Waals surface area contributed by atoms with Crippen molar-refractivity contribution in [2.75, 3.05) is 7.11 Å². The van der Waals surface area contributed by atoms with Crippen LogP contribution in [0.5, 0.6) is 0 Å². The molecular weight excluding hydrogens is 410 g/mol. The number of amides is 1. The first-order chi connectivity index (χ1) is 15.3. The SMILES string of the molecule is CO[C@H](CC1CCCCC1)C(=O)N[C@@H](C(=O)O[C@@H](C)C(=O)OCc1ccccc1)C(C)C. The van der Waals surface area contributed by atoms with E-state index in [2.05, 4.69) is 5.32 Å². The Labute approximate surface area is 191 Å². The van der Waals surface area contributed by atoms with Crippen LogP contribution in [0.15, 0.2) is 30.3 Å². The minimum Gasteiger partial charge on any atom is -0.458 e. The molecule has 32 heavy (non-hydrogen) atoms. The summed E-state index contributed by atoms with van der Waals surface area (Å²) in [5.74, 6) is -1.38. The summed E-state index contributed by atoms with van der Waals surface area (Å²) in [5.41, 5.74) is 0.843. The van der Waals surface area contributed by atoms with Crippen molar-refractivity contribution in [3.05, 3.63) is 35.9 Å². The molecule has 1 N–H and O–H groups in total. The molecule has 2 rings (SSSR count). The predicted octanol–water partition coefficient (Wildman–Crippen LogP) is 3.79. The largest absolute Gasteiger partial charge is 0.458 e. The first-order valence-corrected chi connectivity index (χ1v) is 11.6. The maximum atomic E-state index is 12.8. The Balaban J connectivity index is 1.88. The second kappa shape index (κ2) is 13.2. The van der Waals surface area contributed by atoms with E-state index in [0.717, 1.165) is 18.4 Å². The Bertz CT molecular complexity index is 729. The van der Waals surface area contributed by atoms with Crippen LogP contribution in [0.1, 0.15) is 64.9 Å². The third-order valence-electron chi connectivity index (χ3n) is 5.92. The van der Waals surface area contributed by atoms with Crippen LogP contribution in [0.4, 0.5) is 0 Å². The molecule has 7 heteroatoms. The van der Waals surface area contributed by atoms with E-state index in [0.29, 0.717) is 12.3 Å². The summed E-state index contributed by atoms with van der Waals surface area (Å²) >= 11 is 0. The van der Waals surface area contributed by atoms with Crippen molar-refractivity contribution in [2.24, 2.45) is 11.8 Å². The molecule has 0 bridgehead atoms. The second-order valence-corrected chi connectivity index (χ2v) is 8.87. The molecule has 1 aromatic rings. The van der Waals surface area contributed by atoms with Crippen molar-refractivity contribution in [1.82, 2.24) is 5.32 Å². The highest BCUT2D eigenvalue weighted by atomic mass is 16.6. The maximum Gasteiger partial charge on any atom is 0.347 e. The summed E-state index contributed by atoms with van der Waals surface area (Å²) in [5, 5.41) is 2.77. The normalized spacial score (nSPS) is 17.3. The van der Waals surface area contributed by atoms with E-state index in [-0.39, 0.29) is 18.4 Å². The number of carbonyl (C=O) groups is 3. The molecule has 1 saturated carbocycles. The van der Waals surface area contributed by atoms with Crippen molar-refractivity contribution in [1.29, 1.82) is 0 Å². The van der Waals surface area contributed by atoms with Crippen LogP contribution < -0.4 is 5.32 Å². The number of nitrogens with one attached hydrogen (secondary N) is 1. The molecule has 0 saturated heterocycles. The van der Waals surface area contributed by atoms with Crippen LogP contribution in [0.3, 0.4) is 0 Å². The van der Waals surface area contributed by atoms with Gasteiger partial charge in [0.15, 0.2) is 6.10 Å². The Hall–Kier alpha value is -2.41. The third kappa shape index (κ3) is 8.26. The van der Waals surface area contributed by atoms with Gasteiger partial charge in [0.1, 0.15) is 18.8 Å². The molecule has 1 fully saturated rings. The van der Waals surface area contributed by atoms with E-state index in [1.54, 1.807) is 0 Å². The van der Waals surface area contributed by atoms with Crippen LogP contribution >= 0.6 is 0 Å². The highest BCUT2D eigenvalue weighted by Gasteiger charge is 2.32. The molecule has 178 valence electrons. The molecule has 0 spiro atoms. The number of carbonyl (C=O) groups excluding carboxylic acids is 3. The number of ether oxygens (including phenoxy) is 3. The van der Waals surface area contributed by atoms with Gasteiger partial charge in [-0.3, -0.25) is 4.79 Å². The van der Waals surface area contributed by atoms with Crippen LogP contribution in [-0.4, -0.2) is 43.2 Å². The number of rotatable bonds is 11. The zero-order chi connectivity index (χ0) is 23.5. The predicted molar refractivity (Wildman–Crippen MR) is 121 cm³/mol. The van der Waals surface area contributed by atoms with Gasteiger partial charge in [-0.05, 0) is 30.7 Å². The topological polar surface area (TPSA) is 90.9 Å². The molecule has 1 aliphatic carbocycles. The maximum absolute atomic E-state index is 12.8. The lowest BCUT2D eigenvalue weighted by Crippen LogP contribution is -2.50. The lowest BCUT2D eigenvalue weighted by atomic mass is 9.85. The molecule has 0 unspecified atom stereocenters. The first kappa shape index (κ1) is 25.8. The van der Waals surface area contributed by atoms with E-state index in [1.165, 1.54) is 33.3 Å². The number of hydrogen-bond acceptors (Lipinski definition) is 6. The van der Waals surface area contributed by atoms with Gasteiger partial charge in [0, 0.05) is 7.11 Å². The van der Waals surface area contributed by atoms with E-state index in [1.807, 2.05) is 44.2 Å². The van der Waals surface area contributed by atoms with Crippen LogP contribution in [-0.2, 0) is 35.2 Å². The third-order valence-corrected chi connectivity index (χ3v) is 5.92. The smallest absolute Gasteiger partial charge is 0.347 e.